The second kappa shape index (κ2) is 5.27. The van der Waals surface area contributed by atoms with Gasteiger partial charge in [-0.1, -0.05) is 30.3 Å². The first-order valence-electron chi connectivity index (χ1n) is 5.55. The fourth-order valence-electron chi connectivity index (χ4n) is 1.54. The predicted molar refractivity (Wildman–Crippen MR) is 67.3 cm³/mol. The molecule has 2 rings (SSSR count). The van der Waals surface area contributed by atoms with E-state index >= 15 is 0 Å². The lowest BCUT2D eigenvalue weighted by Crippen LogP contribution is -2.16. The molecule has 0 bridgehead atoms. The highest BCUT2D eigenvalue weighted by molar-refractivity contribution is 6.10. The molecule has 18 heavy (non-hydrogen) atoms. The van der Waals surface area contributed by atoms with Crippen molar-refractivity contribution in [2.75, 3.05) is 5.32 Å². The van der Waals surface area contributed by atoms with Crippen LogP contribution in [-0.4, -0.2) is 21.9 Å². The van der Waals surface area contributed by atoms with E-state index in [9.17, 15) is 9.59 Å². The van der Waals surface area contributed by atoms with Gasteiger partial charge in [0.15, 0.2) is 11.6 Å². The number of carbonyl (C=O) groups is 2. The summed E-state index contributed by atoms with van der Waals surface area (Å²) < 4.78 is 0. The van der Waals surface area contributed by atoms with E-state index in [0.29, 0.717) is 11.4 Å². The lowest BCUT2D eigenvalue weighted by molar-refractivity contribution is -0.115. The Kier molecular flexibility index (Phi) is 3.52. The van der Waals surface area contributed by atoms with Crippen LogP contribution in [0.25, 0.3) is 0 Å². The van der Waals surface area contributed by atoms with Gasteiger partial charge in [0, 0.05) is 17.3 Å². The van der Waals surface area contributed by atoms with Crippen molar-refractivity contribution in [1.29, 1.82) is 0 Å². The molecule has 0 fully saturated rings. The summed E-state index contributed by atoms with van der Waals surface area (Å²) in [5, 5.41) is 9.14. The molecule has 0 saturated heterocycles. The van der Waals surface area contributed by atoms with E-state index in [0.717, 1.165) is 5.69 Å². The van der Waals surface area contributed by atoms with Crippen molar-refractivity contribution in [3.63, 3.8) is 0 Å². The van der Waals surface area contributed by atoms with Gasteiger partial charge in [-0.15, -0.1) is 0 Å². The van der Waals surface area contributed by atoms with Crippen LogP contribution in [0, 0.1) is 6.92 Å². The second-order valence-electron chi connectivity index (χ2n) is 3.95. The summed E-state index contributed by atoms with van der Waals surface area (Å²) >= 11 is 0. The zero-order valence-electron chi connectivity index (χ0n) is 9.93. The summed E-state index contributed by atoms with van der Waals surface area (Å²) in [5.41, 5.74) is 1.38. The van der Waals surface area contributed by atoms with Gasteiger partial charge < -0.3 is 5.32 Å². The molecule has 1 heterocycles. The maximum atomic E-state index is 11.8. The summed E-state index contributed by atoms with van der Waals surface area (Å²) in [5.74, 6) is -0.144. The van der Waals surface area contributed by atoms with Crippen LogP contribution in [0.2, 0.25) is 0 Å². The number of aromatic nitrogens is 2. The fraction of sp³-hybridized carbons (Fsp3) is 0.154. The third-order valence-electron chi connectivity index (χ3n) is 2.39. The van der Waals surface area contributed by atoms with E-state index in [1.54, 1.807) is 30.3 Å². The molecule has 1 amide bonds. The molecule has 5 heteroatoms. The molecule has 92 valence electrons. The molecule has 1 aromatic carbocycles. The zero-order valence-corrected chi connectivity index (χ0v) is 9.93. The van der Waals surface area contributed by atoms with Gasteiger partial charge in [0.2, 0.25) is 5.91 Å². The molecule has 2 N–H and O–H groups in total. The van der Waals surface area contributed by atoms with Crippen molar-refractivity contribution >= 4 is 17.5 Å². The number of aromatic amines is 1. The molecule has 0 saturated carbocycles. The molecule has 0 spiro atoms. The number of ketones is 1. The Morgan fingerprint density at radius 1 is 1.28 bits per heavy atom. The number of aryl methyl sites for hydroxylation is 1. The second-order valence-corrected chi connectivity index (χ2v) is 3.95. The summed E-state index contributed by atoms with van der Waals surface area (Å²) in [6, 6.07) is 10.4. The van der Waals surface area contributed by atoms with Crippen LogP contribution in [0.15, 0.2) is 36.4 Å². The summed E-state index contributed by atoms with van der Waals surface area (Å²) in [4.78, 5) is 23.4. The van der Waals surface area contributed by atoms with Crippen molar-refractivity contribution in [1.82, 2.24) is 10.2 Å². The fourth-order valence-corrected chi connectivity index (χ4v) is 1.54. The predicted octanol–water partition coefficient (Wildman–Crippen LogP) is 1.93. The minimum atomic E-state index is -0.365. The third-order valence-corrected chi connectivity index (χ3v) is 2.39. The smallest absolute Gasteiger partial charge is 0.233 e. The number of hydrogen-bond donors (Lipinski definition) is 2. The van der Waals surface area contributed by atoms with Crippen molar-refractivity contribution in [3.8, 4) is 0 Å². The number of nitrogens with one attached hydrogen (secondary N) is 2. The van der Waals surface area contributed by atoms with Crippen molar-refractivity contribution in [2.45, 2.75) is 13.3 Å². The van der Waals surface area contributed by atoms with E-state index in [4.69, 9.17) is 0 Å². The van der Waals surface area contributed by atoms with Gasteiger partial charge in [0.05, 0.1) is 6.42 Å². The average molecular weight is 243 g/mol. The lowest BCUT2D eigenvalue weighted by Gasteiger charge is -2.01. The minimum absolute atomic E-state index is 0.185. The number of anilines is 1. The molecule has 0 radical (unpaired) electrons. The molecule has 2 aromatic rings. The van der Waals surface area contributed by atoms with Gasteiger partial charge in [-0.2, -0.15) is 5.10 Å². The van der Waals surface area contributed by atoms with Gasteiger partial charge in [0.1, 0.15) is 0 Å². The van der Waals surface area contributed by atoms with Gasteiger partial charge in [0.25, 0.3) is 0 Å². The maximum absolute atomic E-state index is 11.8. The van der Waals surface area contributed by atoms with Crippen molar-refractivity contribution in [3.05, 3.63) is 47.7 Å². The van der Waals surface area contributed by atoms with E-state index in [2.05, 4.69) is 15.5 Å². The molecule has 1 aromatic heterocycles. The Morgan fingerprint density at radius 3 is 2.61 bits per heavy atom. The van der Waals surface area contributed by atoms with Crippen LogP contribution in [0.1, 0.15) is 22.5 Å². The highest BCUT2D eigenvalue weighted by Gasteiger charge is 2.12. The van der Waals surface area contributed by atoms with Crippen LogP contribution >= 0.6 is 0 Å². The van der Waals surface area contributed by atoms with Crippen LogP contribution in [0.3, 0.4) is 0 Å². The first kappa shape index (κ1) is 12.0. The van der Waals surface area contributed by atoms with Crippen molar-refractivity contribution in [2.24, 2.45) is 0 Å². The monoisotopic (exact) mass is 243 g/mol. The molecule has 0 aliphatic carbocycles. The zero-order chi connectivity index (χ0) is 13.0. The Morgan fingerprint density at radius 2 is 2.00 bits per heavy atom. The highest BCUT2D eigenvalue weighted by Crippen LogP contribution is 2.07. The van der Waals surface area contributed by atoms with Crippen LogP contribution in [0.5, 0.6) is 0 Å². The number of amides is 1. The number of hydrogen-bond acceptors (Lipinski definition) is 3. The van der Waals surface area contributed by atoms with E-state index in [1.807, 2.05) is 13.0 Å². The van der Waals surface area contributed by atoms with Crippen LogP contribution in [-0.2, 0) is 4.79 Å². The average Bonchev–Trinajstić information content (AvgIpc) is 2.75. The Hall–Kier alpha value is -2.43. The van der Waals surface area contributed by atoms with E-state index in [1.165, 1.54) is 0 Å². The normalized spacial score (nSPS) is 10.1. The quantitative estimate of drug-likeness (QED) is 0.636. The molecule has 0 atom stereocenters. The molecular formula is C13H13N3O2. The Balaban J connectivity index is 1.94. The van der Waals surface area contributed by atoms with Gasteiger partial charge in [-0.25, -0.2) is 0 Å². The number of carbonyl (C=O) groups excluding carboxylic acids is 2. The number of H-pyrrole nitrogens is 1. The minimum Gasteiger partial charge on any atom is -0.309 e. The third kappa shape index (κ3) is 3.04. The van der Waals surface area contributed by atoms with E-state index in [-0.39, 0.29) is 18.1 Å². The molecule has 0 aliphatic heterocycles. The topological polar surface area (TPSA) is 74.8 Å². The Labute approximate surface area is 104 Å². The van der Waals surface area contributed by atoms with Gasteiger partial charge in [-0.3, -0.25) is 14.7 Å². The maximum Gasteiger partial charge on any atom is 0.233 e. The first-order chi connectivity index (χ1) is 8.65. The number of rotatable bonds is 4. The lowest BCUT2D eigenvalue weighted by atomic mass is 10.1. The summed E-state index contributed by atoms with van der Waals surface area (Å²) in [7, 11) is 0. The summed E-state index contributed by atoms with van der Waals surface area (Å²) in [6.07, 6.45) is -0.185. The molecule has 0 unspecified atom stereocenters. The highest BCUT2D eigenvalue weighted by atomic mass is 16.2. The van der Waals surface area contributed by atoms with Gasteiger partial charge in [-0.05, 0) is 6.92 Å². The first-order valence-corrected chi connectivity index (χ1v) is 5.55. The van der Waals surface area contributed by atoms with E-state index < -0.39 is 0 Å². The molecular weight excluding hydrogens is 230 g/mol. The molecule has 0 aliphatic rings. The van der Waals surface area contributed by atoms with Crippen LogP contribution < -0.4 is 5.32 Å². The largest absolute Gasteiger partial charge is 0.309 e. The summed E-state index contributed by atoms with van der Waals surface area (Å²) in [6.45, 7) is 1.83. The standard InChI is InChI=1S/C13H13N3O2/c1-9-7-12(16-15-9)14-13(18)8-11(17)10-5-3-2-4-6-10/h2-7H,8H2,1H3,(H2,14,15,16,18). The number of Topliss-reactive ketones (excluding diaryl/α,β-unsaturated/α-hetero) is 1. The SMILES string of the molecule is Cc1cc(NC(=O)CC(=O)c2ccccc2)n[nH]1. The molecule has 5 nitrogen and oxygen atoms in total. The van der Waals surface area contributed by atoms with Crippen molar-refractivity contribution < 1.29 is 9.59 Å². The van der Waals surface area contributed by atoms with Crippen LogP contribution in [0.4, 0.5) is 5.82 Å². The number of nitrogens with zero attached hydrogens (tertiary/aromatic N) is 1. The van der Waals surface area contributed by atoms with Gasteiger partial charge >= 0.3 is 0 Å². The number of benzene rings is 1. The Bertz CT molecular complexity index is 561.